The lowest BCUT2D eigenvalue weighted by molar-refractivity contribution is -0.121. The van der Waals surface area contributed by atoms with Crippen molar-refractivity contribution in [3.8, 4) is 11.5 Å². The molecule has 2 N–H and O–H groups in total. The van der Waals surface area contributed by atoms with Gasteiger partial charge in [-0.05, 0) is 39.4 Å². The molecule has 0 fully saturated rings. The SMILES string of the molecule is CCNC(C)(C)C(=O)Nc1ccc(OC)c(OCC)c1. The first-order valence-electron chi connectivity index (χ1n) is 6.82. The molecular weight excluding hydrogens is 256 g/mol. The molecule has 5 nitrogen and oxygen atoms in total. The molecule has 5 heteroatoms. The van der Waals surface area contributed by atoms with Crippen molar-refractivity contribution in [2.24, 2.45) is 0 Å². The Hall–Kier alpha value is -1.75. The molecule has 0 atom stereocenters. The number of amides is 1. The Bertz CT molecular complexity index is 458. The second kappa shape index (κ2) is 7.14. The highest BCUT2D eigenvalue weighted by molar-refractivity contribution is 5.97. The molecule has 0 heterocycles. The van der Waals surface area contributed by atoms with Crippen LogP contribution in [0.4, 0.5) is 5.69 Å². The van der Waals surface area contributed by atoms with E-state index in [-0.39, 0.29) is 5.91 Å². The van der Waals surface area contributed by atoms with Crippen LogP contribution in [0, 0.1) is 0 Å². The number of carbonyl (C=O) groups excluding carboxylic acids is 1. The van der Waals surface area contributed by atoms with Crippen molar-refractivity contribution in [3.05, 3.63) is 18.2 Å². The fourth-order valence-electron chi connectivity index (χ4n) is 1.83. The second-order valence-corrected chi connectivity index (χ2v) is 4.91. The molecule has 0 unspecified atom stereocenters. The summed E-state index contributed by atoms with van der Waals surface area (Å²) in [5, 5.41) is 6.02. The van der Waals surface area contributed by atoms with Gasteiger partial charge in [0.25, 0.3) is 0 Å². The Morgan fingerprint density at radius 2 is 1.95 bits per heavy atom. The Morgan fingerprint density at radius 3 is 2.50 bits per heavy atom. The lowest BCUT2D eigenvalue weighted by atomic mass is 10.0. The minimum Gasteiger partial charge on any atom is -0.493 e. The van der Waals surface area contributed by atoms with Gasteiger partial charge in [-0.3, -0.25) is 4.79 Å². The third-order valence-corrected chi connectivity index (χ3v) is 2.91. The maximum absolute atomic E-state index is 12.2. The van der Waals surface area contributed by atoms with Gasteiger partial charge in [0, 0.05) is 11.8 Å². The van der Waals surface area contributed by atoms with E-state index in [0.29, 0.717) is 23.8 Å². The fraction of sp³-hybridized carbons (Fsp3) is 0.533. The first kappa shape index (κ1) is 16.3. The van der Waals surface area contributed by atoms with Crippen LogP contribution in [0.15, 0.2) is 18.2 Å². The molecule has 0 saturated heterocycles. The van der Waals surface area contributed by atoms with Crippen LogP contribution in [0.1, 0.15) is 27.7 Å². The lowest BCUT2D eigenvalue weighted by Crippen LogP contribution is -2.49. The van der Waals surface area contributed by atoms with E-state index in [0.717, 1.165) is 6.54 Å². The van der Waals surface area contributed by atoms with Crippen LogP contribution in [0.3, 0.4) is 0 Å². The van der Waals surface area contributed by atoms with E-state index in [1.807, 2.05) is 27.7 Å². The summed E-state index contributed by atoms with van der Waals surface area (Å²) >= 11 is 0. The number of hydrogen-bond acceptors (Lipinski definition) is 4. The first-order chi connectivity index (χ1) is 9.44. The topological polar surface area (TPSA) is 59.6 Å². The molecule has 1 amide bonds. The highest BCUT2D eigenvalue weighted by Crippen LogP contribution is 2.30. The smallest absolute Gasteiger partial charge is 0.244 e. The second-order valence-electron chi connectivity index (χ2n) is 4.91. The summed E-state index contributed by atoms with van der Waals surface area (Å²) in [6.45, 7) is 8.83. The van der Waals surface area contributed by atoms with E-state index >= 15 is 0 Å². The van der Waals surface area contributed by atoms with Crippen molar-refractivity contribution in [2.45, 2.75) is 33.2 Å². The van der Waals surface area contributed by atoms with Gasteiger partial charge in [0.05, 0.1) is 19.3 Å². The van der Waals surface area contributed by atoms with Gasteiger partial charge >= 0.3 is 0 Å². The van der Waals surface area contributed by atoms with Gasteiger partial charge in [-0.15, -0.1) is 0 Å². The Balaban J connectivity index is 2.87. The number of rotatable bonds is 7. The number of benzene rings is 1. The summed E-state index contributed by atoms with van der Waals surface area (Å²) in [6.07, 6.45) is 0. The summed E-state index contributed by atoms with van der Waals surface area (Å²) in [7, 11) is 1.59. The molecule has 0 spiro atoms. The number of methoxy groups -OCH3 is 1. The first-order valence-corrected chi connectivity index (χ1v) is 6.82. The van der Waals surface area contributed by atoms with Gasteiger partial charge in [-0.25, -0.2) is 0 Å². The molecule has 0 saturated carbocycles. The number of nitrogens with one attached hydrogen (secondary N) is 2. The maximum Gasteiger partial charge on any atom is 0.244 e. The minimum atomic E-state index is -0.625. The van der Waals surface area contributed by atoms with E-state index in [1.54, 1.807) is 25.3 Å². The molecule has 1 aromatic carbocycles. The third kappa shape index (κ3) is 4.13. The molecule has 0 bridgehead atoms. The molecule has 20 heavy (non-hydrogen) atoms. The number of anilines is 1. The molecule has 0 radical (unpaired) electrons. The van der Waals surface area contributed by atoms with Crippen LogP contribution in [0.25, 0.3) is 0 Å². The lowest BCUT2D eigenvalue weighted by Gasteiger charge is -2.24. The van der Waals surface area contributed by atoms with Crippen molar-refractivity contribution >= 4 is 11.6 Å². The van der Waals surface area contributed by atoms with Gasteiger partial charge in [-0.1, -0.05) is 6.92 Å². The Labute approximate surface area is 120 Å². The van der Waals surface area contributed by atoms with Crippen molar-refractivity contribution in [3.63, 3.8) is 0 Å². The van der Waals surface area contributed by atoms with Gasteiger partial charge in [-0.2, -0.15) is 0 Å². The average molecular weight is 280 g/mol. The number of hydrogen-bond donors (Lipinski definition) is 2. The minimum absolute atomic E-state index is 0.0908. The standard InChI is InChI=1S/C15H24N2O3/c1-6-16-15(3,4)14(18)17-11-8-9-12(19-5)13(10-11)20-7-2/h8-10,16H,6-7H2,1-5H3,(H,17,18). The van der Waals surface area contributed by atoms with Gasteiger partial charge in [0.2, 0.25) is 5.91 Å². The largest absolute Gasteiger partial charge is 0.493 e. The van der Waals surface area contributed by atoms with Gasteiger partial charge < -0.3 is 20.1 Å². The zero-order chi connectivity index (χ0) is 15.2. The van der Waals surface area contributed by atoms with Crippen molar-refractivity contribution in [1.29, 1.82) is 0 Å². The maximum atomic E-state index is 12.2. The van der Waals surface area contributed by atoms with E-state index in [1.165, 1.54) is 0 Å². The normalized spacial score (nSPS) is 11.1. The summed E-state index contributed by atoms with van der Waals surface area (Å²) in [5.41, 5.74) is 0.0608. The van der Waals surface area contributed by atoms with E-state index in [4.69, 9.17) is 9.47 Å². The molecular formula is C15H24N2O3. The van der Waals surface area contributed by atoms with Crippen LogP contribution in [0.2, 0.25) is 0 Å². The monoisotopic (exact) mass is 280 g/mol. The summed E-state index contributed by atoms with van der Waals surface area (Å²) in [6, 6.07) is 5.34. The molecule has 0 aliphatic carbocycles. The highest BCUT2D eigenvalue weighted by atomic mass is 16.5. The van der Waals surface area contributed by atoms with Crippen LogP contribution in [-0.4, -0.2) is 31.7 Å². The number of carbonyl (C=O) groups is 1. The van der Waals surface area contributed by atoms with E-state index in [9.17, 15) is 4.79 Å². The zero-order valence-electron chi connectivity index (χ0n) is 12.9. The summed E-state index contributed by atoms with van der Waals surface area (Å²) < 4.78 is 10.7. The molecule has 0 aliphatic rings. The Kier molecular flexibility index (Phi) is 5.82. The van der Waals surface area contributed by atoms with E-state index in [2.05, 4.69) is 10.6 Å². The predicted octanol–water partition coefficient (Wildman–Crippen LogP) is 2.42. The fourth-order valence-corrected chi connectivity index (χ4v) is 1.83. The van der Waals surface area contributed by atoms with Crippen molar-refractivity contribution in [2.75, 3.05) is 25.6 Å². The number of likely N-dealkylation sites (N-methyl/N-ethyl adjacent to an activating group) is 1. The molecule has 112 valence electrons. The van der Waals surface area contributed by atoms with Crippen LogP contribution in [-0.2, 0) is 4.79 Å². The zero-order valence-corrected chi connectivity index (χ0v) is 12.9. The quantitative estimate of drug-likeness (QED) is 0.805. The number of ether oxygens (including phenoxy) is 2. The van der Waals surface area contributed by atoms with E-state index < -0.39 is 5.54 Å². The molecule has 0 aliphatic heterocycles. The van der Waals surface area contributed by atoms with Crippen molar-refractivity contribution < 1.29 is 14.3 Å². The summed E-state index contributed by atoms with van der Waals surface area (Å²) in [4.78, 5) is 12.2. The van der Waals surface area contributed by atoms with Crippen molar-refractivity contribution in [1.82, 2.24) is 5.32 Å². The highest BCUT2D eigenvalue weighted by Gasteiger charge is 2.26. The Morgan fingerprint density at radius 1 is 1.25 bits per heavy atom. The molecule has 1 rings (SSSR count). The predicted molar refractivity (Wildman–Crippen MR) is 80.5 cm³/mol. The van der Waals surface area contributed by atoms with Crippen LogP contribution >= 0.6 is 0 Å². The third-order valence-electron chi connectivity index (χ3n) is 2.91. The van der Waals surface area contributed by atoms with Crippen LogP contribution in [0.5, 0.6) is 11.5 Å². The average Bonchev–Trinajstić information content (AvgIpc) is 2.39. The van der Waals surface area contributed by atoms with Gasteiger partial charge in [0.15, 0.2) is 11.5 Å². The van der Waals surface area contributed by atoms with Gasteiger partial charge in [0.1, 0.15) is 0 Å². The molecule has 0 aromatic heterocycles. The van der Waals surface area contributed by atoms with Crippen LogP contribution < -0.4 is 20.1 Å². The molecule has 1 aromatic rings. The summed E-state index contributed by atoms with van der Waals surface area (Å²) in [5.74, 6) is 1.18.